The van der Waals surface area contributed by atoms with Crippen molar-refractivity contribution in [3.8, 4) is 0 Å². The molecule has 1 saturated heterocycles. The van der Waals surface area contributed by atoms with Gasteiger partial charge in [0.25, 0.3) is 0 Å². The summed E-state index contributed by atoms with van der Waals surface area (Å²) in [6.45, 7) is 5.13. The molecule has 1 aliphatic heterocycles. The van der Waals surface area contributed by atoms with E-state index in [1.165, 1.54) is 6.20 Å². The number of halogens is 2. The molecule has 1 fully saturated rings. The van der Waals surface area contributed by atoms with E-state index in [0.29, 0.717) is 35.2 Å². The Hall–Kier alpha value is -2.59. The van der Waals surface area contributed by atoms with E-state index in [-0.39, 0.29) is 23.6 Å². The fourth-order valence-electron chi connectivity index (χ4n) is 4.02. The summed E-state index contributed by atoms with van der Waals surface area (Å²) in [5.74, 6) is -0.241. The van der Waals surface area contributed by atoms with Crippen LogP contribution in [0.1, 0.15) is 43.7 Å². The maximum atomic E-state index is 14.7. The van der Waals surface area contributed by atoms with Crippen molar-refractivity contribution in [3.63, 3.8) is 0 Å². The van der Waals surface area contributed by atoms with E-state index in [0.717, 1.165) is 23.4 Å². The minimum atomic E-state index is -0.385. The summed E-state index contributed by atoms with van der Waals surface area (Å²) in [6.07, 6.45) is 4.39. The van der Waals surface area contributed by atoms with Crippen molar-refractivity contribution in [2.45, 2.75) is 50.0 Å². The molecule has 0 aliphatic carbocycles. The average molecular weight is 496 g/mol. The first-order valence-corrected chi connectivity index (χ1v) is 12.6. The number of hydrogen-bond acceptors (Lipinski definition) is 4. The van der Waals surface area contributed by atoms with E-state index in [4.69, 9.17) is 11.6 Å². The molecule has 0 radical (unpaired) electrons. The Bertz CT molecular complexity index is 1110. The number of nitrogens with one attached hydrogen (secondary N) is 1. The van der Waals surface area contributed by atoms with Gasteiger partial charge in [-0.2, -0.15) is 0 Å². The summed E-state index contributed by atoms with van der Waals surface area (Å²) in [6, 6.07) is 19.6. The number of pyridine rings is 1. The molecule has 2 aromatic carbocycles. The SMILES string of the molecule is CC(C)C(CC(=O)Nc1cncc(F)c1CC[C@H]1CN1Sc1cc#ccc1)c1ccc(Cl)cc1. The van der Waals surface area contributed by atoms with Crippen LogP contribution < -0.4 is 5.32 Å². The van der Waals surface area contributed by atoms with Gasteiger partial charge in [-0.15, -0.1) is 0 Å². The predicted molar refractivity (Wildman–Crippen MR) is 135 cm³/mol. The van der Waals surface area contributed by atoms with Crippen LogP contribution in [0.2, 0.25) is 5.02 Å². The van der Waals surface area contributed by atoms with E-state index in [2.05, 4.69) is 40.6 Å². The maximum absolute atomic E-state index is 14.7. The van der Waals surface area contributed by atoms with Crippen LogP contribution in [0.3, 0.4) is 0 Å². The van der Waals surface area contributed by atoms with Crippen LogP contribution in [0.5, 0.6) is 0 Å². The standard InChI is InChI=1S/C27H27ClFN3OS/c1-18(2)24(19-8-10-20(28)11-9-19)14-27(33)31-26-16-30-15-25(29)23(26)13-12-21-17-32(21)34-22-6-4-3-5-7-22/h4,6-11,15-16,18,21,24H,12-14,17H2,1-2H3,(H,31,33)/t21-,24?,32?/m0/s1. The van der Waals surface area contributed by atoms with Gasteiger partial charge >= 0.3 is 0 Å². The zero-order chi connectivity index (χ0) is 24.1. The van der Waals surface area contributed by atoms with Crippen molar-refractivity contribution in [2.75, 3.05) is 11.9 Å². The molecular formula is C27H27ClFN3OS. The molecule has 0 spiro atoms. The van der Waals surface area contributed by atoms with E-state index >= 15 is 0 Å². The van der Waals surface area contributed by atoms with Gasteiger partial charge in [-0.1, -0.05) is 49.7 Å². The molecule has 0 saturated carbocycles. The lowest BCUT2D eigenvalue weighted by Gasteiger charge is -2.21. The summed E-state index contributed by atoms with van der Waals surface area (Å²) in [5, 5.41) is 3.59. The van der Waals surface area contributed by atoms with E-state index in [1.807, 2.05) is 42.5 Å². The van der Waals surface area contributed by atoms with Gasteiger partial charge in [0.15, 0.2) is 0 Å². The van der Waals surface area contributed by atoms with Gasteiger partial charge in [0.2, 0.25) is 5.91 Å². The molecule has 2 unspecified atom stereocenters. The highest BCUT2D eigenvalue weighted by Gasteiger charge is 2.35. The molecule has 34 heavy (non-hydrogen) atoms. The Labute approximate surface area is 210 Å². The van der Waals surface area contributed by atoms with Crippen molar-refractivity contribution in [3.05, 3.63) is 89.0 Å². The zero-order valence-corrected chi connectivity index (χ0v) is 20.8. The molecule has 176 valence electrons. The largest absolute Gasteiger partial charge is 0.324 e. The molecule has 1 amide bonds. The molecule has 4 rings (SSSR count). The van der Waals surface area contributed by atoms with Crippen LogP contribution in [-0.4, -0.2) is 27.8 Å². The molecule has 7 heteroatoms. The first kappa shape index (κ1) is 24.5. The van der Waals surface area contributed by atoms with Gasteiger partial charge in [-0.05, 0) is 66.5 Å². The Morgan fingerprint density at radius 3 is 2.76 bits per heavy atom. The molecular weight excluding hydrogens is 469 g/mol. The highest BCUT2D eigenvalue weighted by molar-refractivity contribution is 7.97. The van der Waals surface area contributed by atoms with Crippen LogP contribution in [0.25, 0.3) is 0 Å². The van der Waals surface area contributed by atoms with E-state index < -0.39 is 0 Å². The van der Waals surface area contributed by atoms with Crippen LogP contribution in [0, 0.1) is 23.9 Å². The fraction of sp³-hybridized carbons (Fsp3) is 0.333. The number of amides is 1. The number of aromatic nitrogens is 1. The maximum Gasteiger partial charge on any atom is 0.225 e. The number of hydrogen-bond donors (Lipinski definition) is 1. The van der Waals surface area contributed by atoms with Crippen molar-refractivity contribution in [1.29, 1.82) is 0 Å². The molecule has 1 N–H and O–H groups in total. The highest BCUT2D eigenvalue weighted by Crippen LogP contribution is 2.36. The zero-order valence-electron chi connectivity index (χ0n) is 19.2. The Morgan fingerprint density at radius 1 is 1.26 bits per heavy atom. The first-order chi connectivity index (χ1) is 16.4. The number of carbonyl (C=O) groups is 1. The van der Waals surface area contributed by atoms with Crippen LogP contribution >= 0.6 is 23.5 Å². The second-order valence-corrected chi connectivity index (χ2v) is 10.4. The lowest BCUT2D eigenvalue weighted by Crippen LogP contribution is -2.20. The lowest BCUT2D eigenvalue weighted by atomic mass is 9.85. The normalized spacial score (nSPS) is 17.8. The van der Waals surface area contributed by atoms with E-state index in [9.17, 15) is 9.18 Å². The number of rotatable bonds is 10. The second-order valence-electron chi connectivity index (χ2n) is 8.85. The lowest BCUT2D eigenvalue weighted by molar-refractivity contribution is -0.116. The second kappa shape index (κ2) is 11.2. The summed E-state index contributed by atoms with van der Waals surface area (Å²) in [7, 11) is 0. The third-order valence-electron chi connectivity index (χ3n) is 6.03. The highest BCUT2D eigenvalue weighted by atomic mass is 35.5. The molecule has 0 bridgehead atoms. The predicted octanol–water partition coefficient (Wildman–Crippen LogP) is 6.57. The smallest absolute Gasteiger partial charge is 0.225 e. The Balaban J connectivity index is 1.36. The summed E-state index contributed by atoms with van der Waals surface area (Å²) >= 11 is 7.70. The van der Waals surface area contributed by atoms with Gasteiger partial charge in [0.05, 0.1) is 18.1 Å². The van der Waals surface area contributed by atoms with E-state index in [1.54, 1.807) is 18.1 Å². The Kier molecular flexibility index (Phi) is 8.10. The van der Waals surface area contributed by atoms with Gasteiger partial charge in [-0.25, -0.2) is 8.70 Å². The van der Waals surface area contributed by atoms with Gasteiger partial charge < -0.3 is 5.32 Å². The molecule has 4 nitrogen and oxygen atoms in total. The van der Waals surface area contributed by atoms with Crippen molar-refractivity contribution < 1.29 is 9.18 Å². The minimum absolute atomic E-state index is 0.0344. The quantitative estimate of drug-likeness (QED) is 0.255. The van der Waals surface area contributed by atoms with Gasteiger partial charge in [0, 0.05) is 40.6 Å². The van der Waals surface area contributed by atoms with Crippen molar-refractivity contribution >= 4 is 35.1 Å². The number of nitrogens with zero attached hydrogens (tertiary/aromatic N) is 2. The number of anilines is 1. The third kappa shape index (κ3) is 6.50. The molecule has 2 heterocycles. The Morgan fingerprint density at radius 2 is 2.06 bits per heavy atom. The first-order valence-electron chi connectivity index (χ1n) is 11.4. The van der Waals surface area contributed by atoms with Gasteiger partial charge in [-0.3, -0.25) is 9.78 Å². The summed E-state index contributed by atoms with van der Waals surface area (Å²) in [5.41, 5.74) is 2.03. The number of carbonyl (C=O) groups excluding carboxylic acids is 1. The number of benzene rings is 1. The van der Waals surface area contributed by atoms with Crippen molar-refractivity contribution in [2.24, 2.45) is 5.92 Å². The van der Waals surface area contributed by atoms with Crippen LogP contribution in [0.4, 0.5) is 10.1 Å². The topological polar surface area (TPSA) is 45.0 Å². The summed E-state index contributed by atoms with van der Waals surface area (Å²) in [4.78, 5) is 18.0. The summed E-state index contributed by atoms with van der Waals surface area (Å²) < 4.78 is 16.9. The molecule has 3 atom stereocenters. The van der Waals surface area contributed by atoms with Crippen LogP contribution in [0.15, 0.2) is 59.8 Å². The van der Waals surface area contributed by atoms with Crippen LogP contribution in [-0.2, 0) is 11.2 Å². The monoisotopic (exact) mass is 495 g/mol. The average Bonchev–Trinajstić information content (AvgIpc) is 3.56. The van der Waals surface area contributed by atoms with Crippen molar-refractivity contribution in [1.82, 2.24) is 9.29 Å². The third-order valence-corrected chi connectivity index (χ3v) is 7.43. The molecule has 1 aromatic heterocycles. The molecule has 3 aromatic rings. The fourth-order valence-corrected chi connectivity index (χ4v) is 5.15. The van der Waals surface area contributed by atoms with Gasteiger partial charge in [0.1, 0.15) is 5.82 Å². The minimum Gasteiger partial charge on any atom is -0.324 e. The molecule has 1 aliphatic rings.